The van der Waals surface area contributed by atoms with Crippen molar-refractivity contribution in [1.82, 2.24) is 4.57 Å². The second-order valence-corrected chi connectivity index (χ2v) is 10.1. The average Bonchev–Trinajstić information content (AvgIpc) is 3.12. The summed E-state index contributed by atoms with van der Waals surface area (Å²) < 4.78 is 19.0. The van der Waals surface area contributed by atoms with Gasteiger partial charge in [-0.05, 0) is 71.8 Å². The Labute approximate surface area is 224 Å². The molecule has 4 rings (SSSR count). The molecular formula is C25H22ClIN2O5S. The van der Waals surface area contributed by atoms with Crippen LogP contribution >= 0.6 is 45.5 Å². The molecule has 0 saturated heterocycles. The van der Waals surface area contributed by atoms with Crippen molar-refractivity contribution in [3.63, 3.8) is 0 Å². The molecule has 0 fully saturated rings. The van der Waals surface area contributed by atoms with Crippen LogP contribution in [0.5, 0.6) is 11.5 Å². The number of methoxy groups -OCH3 is 2. The maximum atomic E-state index is 13.7. The first-order valence-electron chi connectivity index (χ1n) is 10.7. The van der Waals surface area contributed by atoms with Crippen molar-refractivity contribution in [3.8, 4) is 11.5 Å². The molecular weight excluding hydrogens is 603 g/mol. The number of thiazole rings is 1. The van der Waals surface area contributed by atoms with Gasteiger partial charge in [-0.3, -0.25) is 9.36 Å². The van der Waals surface area contributed by atoms with Gasteiger partial charge in [0.05, 0.1) is 40.2 Å². The van der Waals surface area contributed by atoms with Gasteiger partial charge in [-0.2, -0.15) is 0 Å². The van der Waals surface area contributed by atoms with Crippen LogP contribution in [0.3, 0.4) is 0 Å². The van der Waals surface area contributed by atoms with E-state index in [0.717, 1.165) is 9.13 Å². The van der Waals surface area contributed by atoms with E-state index in [4.69, 9.17) is 25.8 Å². The van der Waals surface area contributed by atoms with Gasteiger partial charge in [-0.15, -0.1) is 0 Å². The third kappa shape index (κ3) is 4.76. The quantitative estimate of drug-likeness (QED) is 0.305. The molecule has 0 amide bonds. The molecule has 2 aromatic carbocycles. The van der Waals surface area contributed by atoms with Gasteiger partial charge in [0, 0.05) is 5.02 Å². The highest BCUT2D eigenvalue weighted by molar-refractivity contribution is 14.1. The van der Waals surface area contributed by atoms with E-state index in [9.17, 15) is 9.59 Å². The van der Waals surface area contributed by atoms with E-state index in [1.54, 1.807) is 58.4 Å². The lowest BCUT2D eigenvalue weighted by molar-refractivity contribution is -0.139. The summed E-state index contributed by atoms with van der Waals surface area (Å²) in [6.07, 6.45) is 1.78. The number of aromatic nitrogens is 1. The maximum absolute atomic E-state index is 13.7. The van der Waals surface area contributed by atoms with Gasteiger partial charge < -0.3 is 14.2 Å². The lowest BCUT2D eigenvalue weighted by atomic mass is 9.96. The Morgan fingerprint density at radius 3 is 2.66 bits per heavy atom. The van der Waals surface area contributed by atoms with E-state index < -0.39 is 12.0 Å². The number of hydrogen-bond acceptors (Lipinski definition) is 7. The van der Waals surface area contributed by atoms with Crippen molar-refractivity contribution in [2.24, 2.45) is 4.99 Å². The molecule has 1 aromatic heterocycles. The van der Waals surface area contributed by atoms with E-state index in [0.29, 0.717) is 42.7 Å². The molecule has 1 aliphatic heterocycles. The van der Waals surface area contributed by atoms with Crippen LogP contribution in [0.15, 0.2) is 57.5 Å². The van der Waals surface area contributed by atoms with Crippen molar-refractivity contribution in [2.75, 3.05) is 20.8 Å². The highest BCUT2D eigenvalue weighted by atomic mass is 127. The van der Waals surface area contributed by atoms with Gasteiger partial charge >= 0.3 is 5.97 Å². The number of hydrogen-bond donors (Lipinski definition) is 0. The summed E-state index contributed by atoms with van der Waals surface area (Å²) in [5.41, 5.74) is 1.90. The summed E-state index contributed by atoms with van der Waals surface area (Å²) in [7, 11) is 3.14. The molecule has 0 bridgehead atoms. The van der Waals surface area contributed by atoms with Gasteiger partial charge in [0.2, 0.25) is 0 Å². The number of ether oxygens (including phenoxy) is 3. The second-order valence-electron chi connectivity index (χ2n) is 7.56. The zero-order valence-electron chi connectivity index (χ0n) is 19.4. The molecule has 0 saturated carbocycles. The first kappa shape index (κ1) is 25.5. The van der Waals surface area contributed by atoms with Gasteiger partial charge in [0.25, 0.3) is 5.56 Å². The fourth-order valence-corrected chi connectivity index (χ4v) is 6.09. The predicted octanol–water partition coefficient (Wildman–Crippen LogP) is 4.07. The van der Waals surface area contributed by atoms with Crippen LogP contribution < -0.4 is 24.4 Å². The fraction of sp³-hybridized carbons (Fsp3) is 0.240. The monoisotopic (exact) mass is 624 g/mol. The number of nitrogens with zero attached hydrogens (tertiary/aromatic N) is 2. The van der Waals surface area contributed by atoms with Crippen molar-refractivity contribution < 1.29 is 19.0 Å². The molecule has 1 atom stereocenters. The molecule has 1 unspecified atom stereocenters. The van der Waals surface area contributed by atoms with Crippen LogP contribution in [-0.2, 0) is 9.53 Å². The average molecular weight is 625 g/mol. The number of carbonyl (C=O) groups is 1. The summed E-state index contributed by atoms with van der Waals surface area (Å²) >= 11 is 9.94. The first-order chi connectivity index (χ1) is 16.8. The standard InChI is InChI=1S/C25H22ClIN2O5S/c1-5-34-24(31)20-13(2)28-25-29(21(20)15-8-6-7-9-16(15)26)23(30)19(35-25)12-14-10-17(27)22(33-4)18(11-14)32-3/h6-12,21H,5H2,1-4H3. The third-order valence-corrected chi connectivity index (χ3v) is 7.60. The molecule has 35 heavy (non-hydrogen) atoms. The zero-order chi connectivity index (χ0) is 25.3. The van der Waals surface area contributed by atoms with Crippen LogP contribution in [-0.4, -0.2) is 31.4 Å². The Bertz CT molecular complexity index is 1530. The number of benzene rings is 2. The Kier molecular flexibility index (Phi) is 7.67. The molecule has 0 aliphatic carbocycles. The second kappa shape index (κ2) is 10.5. The Hall–Kier alpha value is -2.63. The molecule has 10 heteroatoms. The number of carbonyl (C=O) groups excluding carboxylic acids is 1. The number of halogens is 2. The Balaban J connectivity index is 1.96. The molecule has 7 nitrogen and oxygen atoms in total. The van der Waals surface area contributed by atoms with Crippen LogP contribution in [0.1, 0.15) is 31.0 Å². The minimum absolute atomic E-state index is 0.202. The number of esters is 1. The lowest BCUT2D eigenvalue weighted by Crippen LogP contribution is -2.40. The van der Waals surface area contributed by atoms with E-state index in [-0.39, 0.29) is 12.2 Å². The largest absolute Gasteiger partial charge is 0.493 e. The highest BCUT2D eigenvalue weighted by Gasteiger charge is 2.34. The highest BCUT2D eigenvalue weighted by Crippen LogP contribution is 2.35. The Morgan fingerprint density at radius 2 is 2.00 bits per heavy atom. The van der Waals surface area contributed by atoms with E-state index >= 15 is 0 Å². The SMILES string of the molecule is CCOC(=O)C1=C(C)N=c2sc(=Cc3cc(I)c(OC)c(OC)c3)c(=O)n2C1c1ccccc1Cl. The molecule has 1 aliphatic rings. The van der Waals surface area contributed by atoms with Crippen molar-refractivity contribution in [1.29, 1.82) is 0 Å². The van der Waals surface area contributed by atoms with Crippen LogP contribution in [0.4, 0.5) is 0 Å². The van der Waals surface area contributed by atoms with Crippen molar-refractivity contribution in [3.05, 3.63) is 87.1 Å². The van der Waals surface area contributed by atoms with Gasteiger partial charge in [0.1, 0.15) is 6.04 Å². The normalized spacial score (nSPS) is 15.5. The molecule has 0 radical (unpaired) electrons. The molecule has 182 valence electrons. The van der Waals surface area contributed by atoms with Gasteiger partial charge in [0.15, 0.2) is 16.3 Å². The first-order valence-corrected chi connectivity index (χ1v) is 12.9. The zero-order valence-corrected chi connectivity index (χ0v) is 23.2. The summed E-state index contributed by atoms with van der Waals surface area (Å²) in [5, 5.41) is 0.443. The summed E-state index contributed by atoms with van der Waals surface area (Å²) in [6, 6.07) is 10.1. The van der Waals surface area contributed by atoms with E-state index in [1.165, 1.54) is 15.9 Å². The topological polar surface area (TPSA) is 79.1 Å². The smallest absolute Gasteiger partial charge is 0.338 e. The predicted molar refractivity (Wildman–Crippen MR) is 144 cm³/mol. The minimum Gasteiger partial charge on any atom is -0.493 e. The molecule has 0 spiro atoms. The van der Waals surface area contributed by atoms with Crippen LogP contribution in [0.2, 0.25) is 5.02 Å². The number of allylic oxidation sites excluding steroid dienone is 1. The van der Waals surface area contributed by atoms with E-state index in [1.807, 2.05) is 12.1 Å². The summed E-state index contributed by atoms with van der Waals surface area (Å²) in [5.74, 6) is 0.662. The molecule has 0 N–H and O–H groups in total. The number of rotatable bonds is 6. The van der Waals surface area contributed by atoms with Crippen LogP contribution in [0, 0.1) is 3.57 Å². The fourth-order valence-electron chi connectivity index (χ4n) is 3.96. The van der Waals surface area contributed by atoms with Crippen molar-refractivity contribution >= 4 is 57.6 Å². The number of fused-ring (bicyclic) bond motifs is 1. The lowest BCUT2D eigenvalue weighted by Gasteiger charge is -2.25. The van der Waals surface area contributed by atoms with E-state index in [2.05, 4.69) is 27.6 Å². The van der Waals surface area contributed by atoms with Gasteiger partial charge in [-0.25, -0.2) is 9.79 Å². The Morgan fingerprint density at radius 1 is 1.26 bits per heavy atom. The summed E-state index contributed by atoms with van der Waals surface area (Å²) in [4.78, 5) is 31.7. The minimum atomic E-state index is -0.758. The molecule has 2 heterocycles. The van der Waals surface area contributed by atoms with Gasteiger partial charge in [-0.1, -0.05) is 41.1 Å². The van der Waals surface area contributed by atoms with Crippen LogP contribution in [0.25, 0.3) is 6.08 Å². The maximum Gasteiger partial charge on any atom is 0.338 e. The third-order valence-electron chi connectivity index (χ3n) is 5.47. The summed E-state index contributed by atoms with van der Waals surface area (Å²) in [6.45, 7) is 3.68. The molecule has 3 aromatic rings. The van der Waals surface area contributed by atoms with Crippen molar-refractivity contribution in [2.45, 2.75) is 19.9 Å².